The van der Waals surface area contributed by atoms with Crippen molar-refractivity contribution in [3.8, 4) is 0 Å². The standard InChI is InChI=1S/C12H17NO/c1-9(10-5-3-2-4-6-10)13-11-7-8-12(11)14/h2-6,9,11-14H,7-8H2,1H3/t9-,11-,12+/m0/s1. The maximum Gasteiger partial charge on any atom is 0.0694 e. The second-order valence-corrected chi connectivity index (χ2v) is 4.05. The summed E-state index contributed by atoms with van der Waals surface area (Å²) >= 11 is 0. The molecular formula is C12H17NO. The molecule has 1 saturated carbocycles. The van der Waals surface area contributed by atoms with Crippen LogP contribution in [-0.4, -0.2) is 17.3 Å². The zero-order valence-electron chi connectivity index (χ0n) is 8.48. The summed E-state index contributed by atoms with van der Waals surface area (Å²) in [6.07, 6.45) is 1.90. The number of nitrogens with one attached hydrogen (secondary N) is 1. The molecule has 1 aromatic carbocycles. The normalized spacial score (nSPS) is 28.1. The summed E-state index contributed by atoms with van der Waals surface area (Å²) < 4.78 is 0. The molecule has 2 rings (SSSR count). The van der Waals surface area contributed by atoms with Gasteiger partial charge in [-0.15, -0.1) is 0 Å². The topological polar surface area (TPSA) is 32.3 Å². The van der Waals surface area contributed by atoms with Crippen LogP contribution in [0.25, 0.3) is 0 Å². The second kappa shape index (κ2) is 4.11. The van der Waals surface area contributed by atoms with Crippen LogP contribution in [0.4, 0.5) is 0 Å². The van der Waals surface area contributed by atoms with Crippen molar-refractivity contribution in [1.29, 1.82) is 0 Å². The largest absolute Gasteiger partial charge is 0.392 e. The van der Waals surface area contributed by atoms with Crippen LogP contribution in [0, 0.1) is 0 Å². The van der Waals surface area contributed by atoms with Crippen molar-refractivity contribution in [2.24, 2.45) is 0 Å². The van der Waals surface area contributed by atoms with E-state index in [1.165, 1.54) is 5.56 Å². The Bertz CT molecular complexity index is 286. The molecule has 76 valence electrons. The first kappa shape index (κ1) is 9.69. The van der Waals surface area contributed by atoms with Crippen molar-refractivity contribution in [1.82, 2.24) is 5.32 Å². The molecule has 2 heteroatoms. The van der Waals surface area contributed by atoms with Gasteiger partial charge in [-0.3, -0.25) is 0 Å². The number of aliphatic hydroxyl groups excluding tert-OH is 1. The average Bonchev–Trinajstić information content (AvgIpc) is 2.24. The molecule has 14 heavy (non-hydrogen) atoms. The van der Waals surface area contributed by atoms with E-state index >= 15 is 0 Å². The summed E-state index contributed by atoms with van der Waals surface area (Å²) in [7, 11) is 0. The Morgan fingerprint density at radius 1 is 1.29 bits per heavy atom. The first-order valence-corrected chi connectivity index (χ1v) is 5.26. The molecular weight excluding hydrogens is 174 g/mol. The van der Waals surface area contributed by atoms with E-state index in [1.807, 2.05) is 18.2 Å². The molecule has 0 bridgehead atoms. The summed E-state index contributed by atoms with van der Waals surface area (Å²) in [5, 5.41) is 12.9. The smallest absolute Gasteiger partial charge is 0.0694 e. The molecule has 0 aromatic heterocycles. The highest BCUT2D eigenvalue weighted by Crippen LogP contribution is 2.23. The van der Waals surface area contributed by atoms with Crippen LogP contribution < -0.4 is 5.32 Å². The van der Waals surface area contributed by atoms with Crippen LogP contribution in [0.5, 0.6) is 0 Å². The number of benzene rings is 1. The lowest BCUT2D eigenvalue weighted by Gasteiger charge is -2.35. The highest BCUT2D eigenvalue weighted by Gasteiger charge is 2.29. The first-order chi connectivity index (χ1) is 6.77. The minimum atomic E-state index is -0.138. The van der Waals surface area contributed by atoms with E-state index in [4.69, 9.17) is 0 Å². The molecule has 0 heterocycles. The molecule has 0 radical (unpaired) electrons. The lowest BCUT2D eigenvalue weighted by Crippen LogP contribution is -2.48. The van der Waals surface area contributed by atoms with Gasteiger partial charge in [-0.2, -0.15) is 0 Å². The second-order valence-electron chi connectivity index (χ2n) is 4.05. The fraction of sp³-hybridized carbons (Fsp3) is 0.500. The van der Waals surface area contributed by atoms with E-state index in [9.17, 15) is 5.11 Å². The molecule has 0 saturated heterocycles. The molecule has 0 amide bonds. The predicted octanol–water partition coefficient (Wildman–Crippen LogP) is 1.86. The summed E-state index contributed by atoms with van der Waals surface area (Å²) in [6, 6.07) is 11.0. The number of aliphatic hydroxyl groups is 1. The van der Waals surface area contributed by atoms with Gasteiger partial charge in [0.05, 0.1) is 6.10 Å². The highest BCUT2D eigenvalue weighted by atomic mass is 16.3. The van der Waals surface area contributed by atoms with Crippen LogP contribution in [0.1, 0.15) is 31.4 Å². The fourth-order valence-corrected chi connectivity index (χ4v) is 1.84. The summed E-state index contributed by atoms with van der Waals surface area (Å²) in [5.41, 5.74) is 1.28. The first-order valence-electron chi connectivity index (χ1n) is 5.26. The van der Waals surface area contributed by atoms with Crippen LogP contribution >= 0.6 is 0 Å². The Morgan fingerprint density at radius 2 is 2.00 bits per heavy atom. The van der Waals surface area contributed by atoms with Crippen molar-refractivity contribution < 1.29 is 5.11 Å². The molecule has 0 unspecified atom stereocenters. The third-order valence-electron chi connectivity index (χ3n) is 3.00. The third-order valence-corrected chi connectivity index (χ3v) is 3.00. The Balaban J connectivity index is 1.92. The van der Waals surface area contributed by atoms with E-state index in [0.29, 0.717) is 12.1 Å². The maximum absolute atomic E-state index is 9.44. The van der Waals surface area contributed by atoms with Crippen LogP contribution in [-0.2, 0) is 0 Å². The Kier molecular flexibility index (Phi) is 2.85. The van der Waals surface area contributed by atoms with Crippen LogP contribution in [0.15, 0.2) is 30.3 Å². The van der Waals surface area contributed by atoms with Gasteiger partial charge in [0.15, 0.2) is 0 Å². The molecule has 2 nitrogen and oxygen atoms in total. The molecule has 1 aliphatic rings. The van der Waals surface area contributed by atoms with Gasteiger partial charge in [0.25, 0.3) is 0 Å². The van der Waals surface area contributed by atoms with Crippen molar-refractivity contribution in [3.05, 3.63) is 35.9 Å². The molecule has 0 aliphatic heterocycles. The van der Waals surface area contributed by atoms with E-state index in [0.717, 1.165) is 12.8 Å². The maximum atomic E-state index is 9.44. The van der Waals surface area contributed by atoms with Crippen LogP contribution in [0.2, 0.25) is 0 Å². The average molecular weight is 191 g/mol. The number of hydrogen-bond donors (Lipinski definition) is 2. The summed E-state index contributed by atoms with van der Waals surface area (Å²) in [4.78, 5) is 0. The minimum absolute atomic E-state index is 0.138. The molecule has 1 aromatic rings. The number of rotatable bonds is 3. The summed E-state index contributed by atoms with van der Waals surface area (Å²) in [6.45, 7) is 2.14. The van der Waals surface area contributed by atoms with Crippen molar-refractivity contribution >= 4 is 0 Å². The van der Waals surface area contributed by atoms with Gasteiger partial charge in [0.2, 0.25) is 0 Å². The highest BCUT2D eigenvalue weighted by molar-refractivity contribution is 5.18. The van der Waals surface area contributed by atoms with Gasteiger partial charge in [0, 0.05) is 12.1 Å². The fourth-order valence-electron chi connectivity index (χ4n) is 1.84. The van der Waals surface area contributed by atoms with Gasteiger partial charge in [-0.25, -0.2) is 0 Å². The molecule has 2 N–H and O–H groups in total. The minimum Gasteiger partial charge on any atom is -0.392 e. The Labute approximate surface area is 85.0 Å². The van der Waals surface area contributed by atoms with Crippen molar-refractivity contribution in [2.75, 3.05) is 0 Å². The Morgan fingerprint density at radius 3 is 2.50 bits per heavy atom. The van der Waals surface area contributed by atoms with E-state index in [2.05, 4.69) is 24.4 Å². The lowest BCUT2D eigenvalue weighted by atomic mass is 9.88. The van der Waals surface area contributed by atoms with Gasteiger partial charge >= 0.3 is 0 Å². The monoisotopic (exact) mass is 191 g/mol. The predicted molar refractivity (Wildman–Crippen MR) is 57.0 cm³/mol. The Hall–Kier alpha value is -0.860. The van der Waals surface area contributed by atoms with Gasteiger partial charge in [0.1, 0.15) is 0 Å². The quantitative estimate of drug-likeness (QED) is 0.764. The molecule has 0 spiro atoms. The van der Waals surface area contributed by atoms with Crippen molar-refractivity contribution in [2.45, 2.75) is 38.0 Å². The van der Waals surface area contributed by atoms with Crippen LogP contribution in [0.3, 0.4) is 0 Å². The van der Waals surface area contributed by atoms with E-state index < -0.39 is 0 Å². The number of hydrogen-bond acceptors (Lipinski definition) is 2. The lowest BCUT2D eigenvalue weighted by molar-refractivity contribution is 0.0449. The van der Waals surface area contributed by atoms with E-state index in [1.54, 1.807) is 0 Å². The zero-order chi connectivity index (χ0) is 9.97. The SMILES string of the molecule is C[C@H](N[C@H]1CC[C@H]1O)c1ccccc1. The van der Waals surface area contributed by atoms with Gasteiger partial charge in [-0.05, 0) is 25.3 Å². The zero-order valence-corrected chi connectivity index (χ0v) is 8.48. The van der Waals surface area contributed by atoms with Gasteiger partial charge in [-0.1, -0.05) is 30.3 Å². The van der Waals surface area contributed by atoms with Crippen molar-refractivity contribution in [3.63, 3.8) is 0 Å². The molecule has 1 fully saturated rings. The summed E-state index contributed by atoms with van der Waals surface area (Å²) in [5.74, 6) is 0. The van der Waals surface area contributed by atoms with E-state index in [-0.39, 0.29) is 6.10 Å². The third kappa shape index (κ3) is 1.97. The molecule has 1 aliphatic carbocycles. The van der Waals surface area contributed by atoms with Gasteiger partial charge < -0.3 is 10.4 Å². The molecule has 3 atom stereocenters.